The first kappa shape index (κ1) is 22.4. The summed E-state index contributed by atoms with van der Waals surface area (Å²) in [4.78, 5) is 2.42. The predicted octanol–water partition coefficient (Wildman–Crippen LogP) is 4.37. The first-order chi connectivity index (χ1) is 16.9. The molecule has 4 aromatic rings. The van der Waals surface area contributed by atoms with Gasteiger partial charge in [0.25, 0.3) is 0 Å². The second kappa shape index (κ2) is 8.55. The number of hydrogen-bond acceptors (Lipinski definition) is 6. The molecule has 1 fully saturated rings. The lowest BCUT2D eigenvalue weighted by Crippen LogP contribution is -2.42. The monoisotopic (exact) mass is 492 g/mol. The van der Waals surface area contributed by atoms with E-state index in [1.807, 2.05) is 48.5 Å². The maximum Gasteiger partial charge on any atom is 0.306 e. The average molecular weight is 493 g/mol. The maximum atomic E-state index is 12.3. The van der Waals surface area contributed by atoms with Gasteiger partial charge in [-0.2, -0.15) is 8.42 Å². The van der Waals surface area contributed by atoms with Gasteiger partial charge in [-0.05, 0) is 24.4 Å². The quantitative estimate of drug-likeness (QED) is 0.385. The molecule has 0 saturated carbocycles. The van der Waals surface area contributed by atoms with Gasteiger partial charge in [0.05, 0.1) is 31.0 Å². The van der Waals surface area contributed by atoms with Crippen LogP contribution in [0.2, 0.25) is 0 Å². The Morgan fingerprint density at radius 3 is 2.57 bits per heavy atom. The molecule has 3 aromatic carbocycles. The Balaban J connectivity index is 1.58. The highest BCUT2D eigenvalue weighted by molar-refractivity contribution is 7.86. The third-order valence-electron chi connectivity index (χ3n) is 6.99. The zero-order valence-corrected chi connectivity index (χ0v) is 20.7. The fourth-order valence-electron chi connectivity index (χ4n) is 5.53. The summed E-state index contributed by atoms with van der Waals surface area (Å²) < 4.78 is 44.4. The number of morpholine rings is 1. The number of hydrogen-bond donors (Lipinski definition) is 0. The summed E-state index contributed by atoms with van der Waals surface area (Å²) in [7, 11) is -3.74. The van der Waals surface area contributed by atoms with Crippen molar-refractivity contribution in [2.24, 2.45) is 0 Å². The Morgan fingerprint density at radius 2 is 1.77 bits per heavy atom. The number of rotatable bonds is 5. The zero-order valence-electron chi connectivity index (χ0n) is 19.9. The molecule has 0 radical (unpaired) electrons. The lowest BCUT2D eigenvalue weighted by atomic mass is 9.97. The molecule has 6 rings (SSSR count). The van der Waals surface area contributed by atoms with Crippen molar-refractivity contribution in [3.63, 3.8) is 0 Å². The summed E-state index contributed by atoms with van der Waals surface area (Å²) in [6.07, 6.45) is 1.09. The van der Waals surface area contributed by atoms with Crippen LogP contribution in [0.1, 0.15) is 11.7 Å². The van der Waals surface area contributed by atoms with E-state index in [-0.39, 0.29) is 6.04 Å². The molecule has 3 heterocycles. The first-order valence-corrected chi connectivity index (χ1v) is 13.7. The van der Waals surface area contributed by atoms with Crippen molar-refractivity contribution in [1.82, 2.24) is 9.47 Å². The zero-order chi connectivity index (χ0) is 24.2. The molecule has 0 amide bonds. The van der Waals surface area contributed by atoms with Crippen LogP contribution in [-0.2, 0) is 14.9 Å². The Hall–Kier alpha value is -3.07. The molecule has 0 N–H and O–H groups in total. The molecular weight excluding hydrogens is 464 g/mol. The molecule has 35 heavy (non-hydrogen) atoms. The van der Waals surface area contributed by atoms with Crippen molar-refractivity contribution >= 4 is 31.8 Å². The molecule has 7 nitrogen and oxygen atoms in total. The van der Waals surface area contributed by atoms with Gasteiger partial charge < -0.3 is 18.2 Å². The second-order valence-corrected chi connectivity index (χ2v) is 10.9. The van der Waals surface area contributed by atoms with E-state index in [4.69, 9.17) is 13.7 Å². The molecule has 1 saturated heterocycles. The SMILES string of the molecule is Cc1c(-c2ccc3ccccc3c2OS(C)(=O)=O)c2cccc3c2n1[C@H](CN1CCOCC1)CO3. The summed E-state index contributed by atoms with van der Waals surface area (Å²) in [6, 6.07) is 17.9. The van der Waals surface area contributed by atoms with Crippen LogP contribution in [0.3, 0.4) is 0 Å². The minimum atomic E-state index is -3.74. The van der Waals surface area contributed by atoms with Crippen LogP contribution in [0, 0.1) is 6.92 Å². The molecule has 0 aliphatic carbocycles. The largest absolute Gasteiger partial charge is 0.489 e. The number of para-hydroxylation sites is 1. The van der Waals surface area contributed by atoms with E-state index >= 15 is 0 Å². The van der Waals surface area contributed by atoms with Crippen molar-refractivity contribution in [3.05, 3.63) is 60.3 Å². The molecular formula is C27H28N2O5S. The highest BCUT2D eigenvalue weighted by Crippen LogP contribution is 2.47. The summed E-state index contributed by atoms with van der Waals surface area (Å²) in [6.45, 7) is 6.87. The lowest BCUT2D eigenvalue weighted by Gasteiger charge is -2.34. The van der Waals surface area contributed by atoms with Gasteiger partial charge in [-0.15, -0.1) is 0 Å². The van der Waals surface area contributed by atoms with Crippen molar-refractivity contribution < 1.29 is 22.1 Å². The topological polar surface area (TPSA) is 70.0 Å². The van der Waals surface area contributed by atoms with E-state index in [9.17, 15) is 8.42 Å². The molecule has 0 bridgehead atoms. The normalized spacial score (nSPS) is 18.6. The molecule has 8 heteroatoms. The molecule has 0 spiro atoms. The van der Waals surface area contributed by atoms with E-state index in [1.165, 1.54) is 0 Å². The summed E-state index contributed by atoms with van der Waals surface area (Å²) in [5, 5.41) is 2.72. The van der Waals surface area contributed by atoms with Crippen LogP contribution in [0.25, 0.3) is 32.8 Å². The predicted molar refractivity (Wildman–Crippen MR) is 137 cm³/mol. The molecule has 1 atom stereocenters. The van der Waals surface area contributed by atoms with E-state index in [2.05, 4.69) is 22.5 Å². The Morgan fingerprint density at radius 1 is 1.00 bits per heavy atom. The fourth-order valence-corrected chi connectivity index (χ4v) is 6.01. The van der Waals surface area contributed by atoms with Gasteiger partial charge >= 0.3 is 10.1 Å². The number of aromatic nitrogens is 1. The van der Waals surface area contributed by atoms with Gasteiger partial charge in [-0.25, -0.2) is 0 Å². The van der Waals surface area contributed by atoms with E-state index in [0.717, 1.165) is 83.3 Å². The number of ether oxygens (including phenoxy) is 2. The minimum absolute atomic E-state index is 0.138. The van der Waals surface area contributed by atoms with Crippen LogP contribution in [0.5, 0.6) is 11.5 Å². The standard InChI is InChI=1S/C27H28N2O5S/c1-18-25(23-11-10-19-6-3-4-7-21(19)27(23)34-35(2,30)31)22-8-5-9-24-26(22)29(18)20(17-33-24)16-28-12-14-32-15-13-28/h3-11,20H,12-17H2,1-2H3/t20-/m1/s1. The third-order valence-corrected chi connectivity index (χ3v) is 7.45. The summed E-state index contributed by atoms with van der Waals surface area (Å²) >= 11 is 0. The van der Waals surface area contributed by atoms with Gasteiger partial charge in [0.2, 0.25) is 0 Å². The van der Waals surface area contributed by atoms with Crippen molar-refractivity contribution in [3.8, 4) is 22.6 Å². The highest BCUT2D eigenvalue weighted by atomic mass is 32.2. The van der Waals surface area contributed by atoms with Gasteiger partial charge in [-0.1, -0.05) is 42.5 Å². The van der Waals surface area contributed by atoms with Crippen LogP contribution < -0.4 is 8.92 Å². The lowest BCUT2D eigenvalue weighted by molar-refractivity contribution is 0.0272. The summed E-state index contributed by atoms with van der Waals surface area (Å²) in [5.74, 6) is 1.21. The fraction of sp³-hybridized carbons (Fsp3) is 0.333. The molecule has 182 valence electrons. The van der Waals surface area contributed by atoms with Gasteiger partial charge in [0, 0.05) is 47.2 Å². The Bertz CT molecular complexity index is 1540. The smallest absolute Gasteiger partial charge is 0.306 e. The number of nitrogens with zero attached hydrogens (tertiary/aromatic N) is 2. The van der Waals surface area contributed by atoms with Crippen LogP contribution >= 0.6 is 0 Å². The molecule has 2 aliphatic rings. The van der Waals surface area contributed by atoms with Crippen LogP contribution in [0.15, 0.2) is 54.6 Å². The van der Waals surface area contributed by atoms with Crippen molar-refractivity contribution in [2.45, 2.75) is 13.0 Å². The van der Waals surface area contributed by atoms with E-state index < -0.39 is 10.1 Å². The van der Waals surface area contributed by atoms with Crippen molar-refractivity contribution in [2.75, 3.05) is 45.7 Å². The minimum Gasteiger partial charge on any atom is -0.489 e. The van der Waals surface area contributed by atoms with Crippen molar-refractivity contribution in [1.29, 1.82) is 0 Å². The second-order valence-electron chi connectivity index (χ2n) is 9.31. The Kier molecular flexibility index (Phi) is 5.47. The van der Waals surface area contributed by atoms with Gasteiger partial charge in [-0.3, -0.25) is 4.90 Å². The van der Waals surface area contributed by atoms with Gasteiger partial charge in [0.15, 0.2) is 5.75 Å². The van der Waals surface area contributed by atoms with Gasteiger partial charge in [0.1, 0.15) is 12.4 Å². The van der Waals surface area contributed by atoms with E-state index in [0.29, 0.717) is 12.4 Å². The van der Waals surface area contributed by atoms with Crippen LogP contribution in [0.4, 0.5) is 0 Å². The van der Waals surface area contributed by atoms with Crippen LogP contribution in [-0.4, -0.2) is 63.6 Å². The number of fused-ring (bicyclic) bond motifs is 1. The number of benzene rings is 3. The Labute approximate surface area is 204 Å². The molecule has 1 aromatic heterocycles. The summed E-state index contributed by atoms with van der Waals surface area (Å²) in [5.41, 5.74) is 3.86. The highest BCUT2D eigenvalue weighted by Gasteiger charge is 2.31. The average Bonchev–Trinajstić information content (AvgIpc) is 3.14. The maximum absolute atomic E-state index is 12.3. The first-order valence-electron chi connectivity index (χ1n) is 11.9. The molecule has 0 unspecified atom stereocenters. The van der Waals surface area contributed by atoms with E-state index in [1.54, 1.807) is 0 Å². The third kappa shape index (κ3) is 3.95. The molecule has 2 aliphatic heterocycles.